The zero-order valence-electron chi connectivity index (χ0n) is 11.6. The normalized spacial score (nSPS) is 15.2. The summed E-state index contributed by atoms with van der Waals surface area (Å²) >= 11 is 0. The minimum absolute atomic E-state index is 0.709. The number of rotatable bonds is 3. The summed E-state index contributed by atoms with van der Waals surface area (Å²) in [5.41, 5.74) is 1.08. The first-order valence-electron chi connectivity index (χ1n) is 6.79. The van der Waals surface area contributed by atoms with Gasteiger partial charge in [-0.15, -0.1) is 0 Å². The molecule has 0 atom stereocenters. The van der Waals surface area contributed by atoms with Crippen LogP contribution in [0.15, 0.2) is 42.6 Å². The molecule has 104 valence electrons. The van der Waals surface area contributed by atoms with Gasteiger partial charge in [-0.25, -0.2) is 4.98 Å². The Morgan fingerprint density at radius 2 is 1.85 bits per heavy atom. The smallest absolute Gasteiger partial charge is 0.231 e. The molecule has 0 unspecified atom stereocenters. The fourth-order valence-electron chi connectivity index (χ4n) is 2.24. The highest BCUT2D eigenvalue weighted by Crippen LogP contribution is 2.21. The van der Waals surface area contributed by atoms with E-state index in [0.29, 0.717) is 5.95 Å². The summed E-state index contributed by atoms with van der Waals surface area (Å²) in [5.74, 6) is 1.67. The zero-order valence-corrected chi connectivity index (χ0v) is 11.6. The molecule has 0 bridgehead atoms. The minimum atomic E-state index is 0.709. The van der Waals surface area contributed by atoms with E-state index in [4.69, 9.17) is 4.74 Å². The molecular formula is C15H18N4O. The van der Waals surface area contributed by atoms with E-state index in [-0.39, 0.29) is 0 Å². The molecule has 1 aromatic heterocycles. The summed E-state index contributed by atoms with van der Waals surface area (Å²) in [6.07, 6.45) is 1.81. The van der Waals surface area contributed by atoms with E-state index >= 15 is 0 Å². The molecule has 5 nitrogen and oxygen atoms in total. The monoisotopic (exact) mass is 270 g/mol. The van der Waals surface area contributed by atoms with Gasteiger partial charge in [-0.05, 0) is 18.2 Å². The Balaban J connectivity index is 1.83. The third kappa shape index (κ3) is 2.72. The molecule has 3 rings (SSSR count). The van der Waals surface area contributed by atoms with Crippen LogP contribution in [0.5, 0.6) is 0 Å². The van der Waals surface area contributed by atoms with Crippen LogP contribution in [0.2, 0.25) is 0 Å². The largest absolute Gasteiger partial charge is 0.378 e. The number of morpholine rings is 1. The summed E-state index contributed by atoms with van der Waals surface area (Å²) in [5, 5.41) is 0. The first kappa shape index (κ1) is 12.9. The number of para-hydroxylation sites is 1. The molecule has 2 aromatic rings. The second-order valence-corrected chi connectivity index (χ2v) is 4.71. The summed E-state index contributed by atoms with van der Waals surface area (Å²) < 4.78 is 5.37. The summed E-state index contributed by atoms with van der Waals surface area (Å²) in [4.78, 5) is 13.2. The van der Waals surface area contributed by atoms with E-state index in [0.717, 1.165) is 37.8 Å². The van der Waals surface area contributed by atoms with Gasteiger partial charge in [0.1, 0.15) is 5.82 Å². The lowest BCUT2D eigenvalue weighted by Crippen LogP contribution is -2.37. The molecule has 1 aliphatic heterocycles. The first-order valence-corrected chi connectivity index (χ1v) is 6.79. The van der Waals surface area contributed by atoms with Gasteiger partial charge in [0, 0.05) is 32.0 Å². The predicted molar refractivity (Wildman–Crippen MR) is 79.6 cm³/mol. The molecule has 0 amide bonds. The maximum atomic E-state index is 5.37. The summed E-state index contributed by atoms with van der Waals surface area (Å²) in [7, 11) is 1.98. The molecule has 5 heteroatoms. The average molecular weight is 270 g/mol. The third-order valence-electron chi connectivity index (χ3n) is 3.41. The van der Waals surface area contributed by atoms with Crippen molar-refractivity contribution >= 4 is 17.5 Å². The standard InChI is InChI=1S/C15H18N4O/c1-18(13-5-3-2-4-6-13)15-16-8-7-14(17-15)19-9-11-20-12-10-19/h2-8H,9-12H2,1H3. The molecule has 1 aromatic carbocycles. The molecule has 0 aliphatic carbocycles. The van der Waals surface area contributed by atoms with E-state index in [1.165, 1.54) is 0 Å². The number of benzene rings is 1. The average Bonchev–Trinajstić information content (AvgIpc) is 2.56. The van der Waals surface area contributed by atoms with Crippen molar-refractivity contribution in [1.29, 1.82) is 0 Å². The van der Waals surface area contributed by atoms with Gasteiger partial charge in [0.15, 0.2) is 0 Å². The number of nitrogens with zero attached hydrogens (tertiary/aromatic N) is 4. The van der Waals surface area contributed by atoms with Crippen LogP contribution >= 0.6 is 0 Å². The molecule has 0 N–H and O–H groups in total. The van der Waals surface area contributed by atoms with Crippen molar-refractivity contribution < 1.29 is 4.74 Å². The Hall–Kier alpha value is -2.14. The van der Waals surface area contributed by atoms with Gasteiger partial charge < -0.3 is 14.5 Å². The van der Waals surface area contributed by atoms with Crippen molar-refractivity contribution in [2.75, 3.05) is 43.2 Å². The predicted octanol–water partition coefficient (Wildman–Crippen LogP) is 2.08. The van der Waals surface area contributed by atoms with E-state index in [1.807, 2.05) is 54.5 Å². The SMILES string of the molecule is CN(c1ccccc1)c1nccc(N2CCOCC2)n1. The zero-order chi connectivity index (χ0) is 13.8. The number of hydrogen-bond acceptors (Lipinski definition) is 5. The highest BCUT2D eigenvalue weighted by molar-refractivity contribution is 5.57. The van der Waals surface area contributed by atoms with Crippen LogP contribution in [0.4, 0.5) is 17.5 Å². The molecule has 0 radical (unpaired) electrons. The number of anilines is 3. The number of hydrogen-bond donors (Lipinski definition) is 0. The molecule has 1 aliphatic rings. The van der Waals surface area contributed by atoms with Gasteiger partial charge in [-0.2, -0.15) is 4.98 Å². The van der Waals surface area contributed by atoms with Gasteiger partial charge in [-0.1, -0.05) is 18.2 Å². The molecular weight excluding hydrogens is 252 g/mol. The van der Waals surface area contributed by atoms with Crippen LogP contribution in [0.3, 0.4) is 0 Å². The van der Waals surface area contributed by atoms with Crippen molar-refractivity contribution in [2.24, 2.45) is 0 Å². The van der Waals surface area contributed by atoms with E-state index in [2.05, 4.69) is 14.9 Å². The van der Waals surface area contributed by atoms with E-state index < -0.39 is 0 Å². The lowest BCUT2D eigenvalue weighted by molar-refractivity contribution is 0.122. The number of ether oxygens (including phenoxy) is 1. The topological polar surface area (TPSA) is 41.5 Å². The van der Waals surface area contributed by atoms with Crippen LogP contribution in [0, 0.1) is 0 Å². The fraction of sp³-hybridized carbons (Fsp3) is 0.333. The Morgan fingerprint density at radius 1 is 1.10 bits per heavy atom. The van der Waals surface area contributed by atoms with Crippen LogP contribution in [0.25, 0.3) is 0 Å². The van der Waals surface area contributed by atoms with Crippen molar-refractivity contribution in [3.8, 4) is 0 Å². The Bertz CT molecular complexity index is 555. The van der Waals surface area contributed by atoms with Crippen LogP contribution in [0.1, 0.15) is 0 Å². The van der Waals surface area contributed by atoms with E-state index in [1.54, 1.807) is 0 Å². The first-order chi connectivity index (χ1) is 9.84. The van der Waals surface area contributed by atoms with Gasteiger partial charge >= 0.3 is 0 Å². The van der Waals surface area contributed by atoms with Crippen LogP contribution < -0.4 is 9.80 Å². The van der Waals surface area contributed by atoms with Gasteiger partial charge in [0.25, 0.3) is 0 Å². The van der Waals surface area contributed by atoms with Crippen molar-refractivity contribution in [3.05, 3.63) is 42.6 Å². The lowest BCUT2D eigenvalue weighted by atomic mass is 10.3. The summed E-state index contributed by atoms with van der Waals surface area (Å²) in [6, 6.07) is 12.1. The summed E-state index contributed by atoms with van der Waals surface area (Å²) in [6.45, 7) is 3.28. The van der Waals surface area contributed by atoms with E-state index in [9.17, 15) is 0 Å². The van der Waals surface area contributed by atoms with Gasteiger partial charge in [0.2, 0.25) is 5.95 Å². The minimum Gasteiger partial charge on any atom is -0.378 e. The molecule has 1 saturated heterocycles. The quantitative estimate of drug-likeness (QED) is 0.854. The molecule has 2 heterocycles. The van der Waals surface area contributed by atoms with Gasteiger partial charge in [-0.3, -0.25) is 0 Å². The third-order valence-corrected chi connectivity index (χ3v) is 3.41. The molecule has 1 fully saturated rings. The van der Waals surface area contributed by atoms with Crippen LogP contribution in [-0.2, 0) is 4.74 Å². The molecule has 0 saturated carbocycles. The Labute approximate surface area is 118 Å². The lowest BCUT2D eigenvalue weighted by Gasteiger charge is -2.28. The Kier molecular flexibility index (Phi) is 3.78. The maximum absolute atomic E-state index is 5.37. The highest BCUT2D eigenvalue weighted by atomic mass is 16.5. The van der Waals surface area contributed by atoms with Crippen molar-refractivity contribution in [2.45, 2.75) is 0 Å². The second kappa shape index (κ2) is 5.88. The Morgan fingerprint density at radius 3 is 2.60 bits per heavy atom. The van der Waals surface area contributed by atoms with Crippen molar-refractivity contribution in [3.63, 3.8) is 0 Å². The maximum Gasteiger partial charge on any atom is 0.231 e. The highest BCUT2D eigenvalue weighted by Gasteiger charge is 2.14. The van der Waals surface area contributed by atoms with Crippen LogP contribution in [-0.4, -0.2) is 43.3 Å². The van der Waals surface area contributed by atoms with Gasteiger partial charge in [0.05, 0.1) is 13.2 Å². The second-order valence-electron chi connectivity index (χ2n) is 4.71. The van der Waals surface area contributed by atoms with Crippen molar-refractivity contribution in [1.82, 2.24) is 9.97 Å². The number of aromatic nitrogens is 2. The fourth-order valence-corrected chi connectivity index (χ4v) is 2.24. The molecule has 20 heavy (non-hydrogen) atoms. The molecule has 0 spiro atoms.